The Morgan fingerprint density at radius 1 is 1.40 bits per heavy atom. The third-order valence-corrected chi connectivity index (χ3v) is 3.18. The fourth-order valence-electron chi connectivity index (χ4n) is 1.92. The van der Waals surface area contributed by atoms with Gasteiger partial charge in [0.2, 0.25) is 0 Å². The Morgan fingerprint density at radius 3 is 2.75 bits per heavy atom. The topological polar surface area (TPSA) is 65.5 Å². The molecule has 1 aromatic heterocycles. The summed E-state index contributed by atoms with van der Waals surface area (Å²) in [6.07, 6.45) is 3.08. The van der Waals surface area contributed by atoms with Gasteiger partial charge < -0.3 is 15.3 Å². The number of nitrogens with zero attached hydrogens (tertiary/aromatic N) is 2. The van der Waals surface area contributed by atoms with Gasteiger partial charge in [-0.05, 0) is 18.6 Å². The van der Waals surface area contributed by atoms with E-state index < -0.39 is 0 Å². The first-order valence-corrected chi connectivity index (χ1v) is 7.25. The quantitative estimate of drug-likeness (QED) is 0.571. The minimum atomic E-state index is -0.129. The Labute approximate surface area is 125 Å². The maximum atomic E-state index is 12.4. The first-order valence-electron chi connectivity index (χ1n) is 6.87. The number of hydrogen-bond acceptors (Lipinski definition) is 4. The summed E-state index contributed by atoms with van der Waals surface area (Å²) in [6.45, 7) is 3.04. The van der Waals surface area contributed by atoms with Gasteiger partial charge in [0.1, 0.15) is 11.0 Å². The highest BCUT2D eigenvalue weighted by Gasteiger charge is 2.16. The first kappa shape index (κ1) is 16.7. The zero-order chi connectivity index (χ0) is 15.0. The van der Waals surface area contributed by atoms with Gasteiger partial charge >= 0.3 is 0 Å². The average Bonchev–Trinajstić information content (AvgIpc) is 2.45. The molecule has 2 N–H and O–H groups in total. The van der Waals surface area contributed by atoms with Crippen LogP contribution in [0.5, 0.6) is 0 Å². The maximum absolute atomic E-state index is 12.4. The van der Waals surface area contributed by atoms with Crippen molar-refractivity contribution in [3.05, 3.63) is 22.8 Å². The normalized spacial score (nSPS) is 10.4. The molecule has 1 amide bonds. The van der Waals surface area contributed by atoms with Crippen LogP contribution >= 0.6 is 11.6 Å². The molecular formula is C14H22ClN3O2. The highest BCUT2D eigenvalue weighted by molar-refractivity contribution is 6.29. The number of aromatic nitrogens is 1. The van der Waals surface area contributed by atoms with Crippen molar-refractivity contribution in [2.45, 2.75) is 26.2 Å². The molecule has 0 aliphatic carbocycles. The van der Waals surface area contributed by atoms with Crippen molar-refractivity contribution in [3.63, 3.8) is 0 Å². The van der Waals surface area contributed by atoms with Crippen LogP contribution in [0.2, 0.25) is 5.15 Å². The van der Waals surface area contributed by atoms with Crippen molar-refractivity contribution in [1.82, 2.24) is 9.88 Å². The van der Waals surface area contributed by atoms with Crippen LogP contribution in [0.15, 0.2) is 12.1 Å². The van der Waals surface area contributed by atoms with Gasteiger partial charge in [0.25, 0.3) is 5.91 Å². The summed E-state index contributed by atoms with van der Waals surface area (Å²) in [7, 11) is 1.72. The summed E-state index contributed by atoms with van der Waals surface area (Å²) in [5, 5.41) is 12.2. The number of carbonyl (C=O) groups is 1. The molecule has 20 heavy (non-hydrogen) atoms. The van der Waals surface area contributed by atoms with Crippen LogP contribution in [-0.4, -0.2) is 47.6 Å². The predicted molar refractivity (Wildman–Crippen MR) is 81.3 cm³/mol. The van der Waals surface area contributed by atoms with Crippen molar-refractivity contribution < 1.29 is 9.90 Å². The fourth-order valence-corrected chi connectivity index (χ4v) is 2.13. The molecule has 0 atom stereocenters. The molecule has 1 heterocycles. The zero-order valence-corrected chi connectivity index (χ0v) is 12.8. The summed E-state index contributed by atoms with van der Waals surface area (Å²) in [5.41, 5.74) is 0.485. The summed E-state index contributed by atoms with van der Waals surface area (Å²) in [5.74, 6) is 0.425. The Balaban J connectivity index is 2.84. The van der Waals surface area contributed by atoms with Gasteiger partial charge in [0, 0.05) is 25.7 Å². The van der Waals surface area contributed by atoms with Gasteiger partial charge in [0.05, 0.1) is 6.61 Å². The minimum absolute atomic E-state index is 0.0461. The van der Waals surface area contributed by atoms with E-state index in [1.54, 1.807) is 24.1 Å². The number of aliphatic hydroxyl groups excluding tert-OH is 1. The highest BCUT2D eigenvalue weighted by Crippen LogP contribution is 2.16. The van der Waals surface area contributed by atoms with E-state index in [0.717, 1.165) is 19.3 Å². The second kappa shape index (κ2) is 8.76. The van der Waals surface area contributed by atoms with Gasteiger partial charge in [0.15, 0.2) is 0 Å². The van der Waals surface area contributed by atoms with Crippen LogP contribution in [0.25, 0.3) is 0 Å². The number of halogens is 1. The van der Waals surface area contributed by atoms with Crippen molar-refractivity contribution in [2.24, 2.45) is 0 Å². The zero-order valence-electron chi connectivity index (χ0n) is 12.0. The standard InChI is InChI=1S/C14H22ClN3O2/c1-3-4-5-6-18(7-8-19)14(20)11-9-12(15)17-13(10-11)16-2/h9-10,19H,3-8H2,1-2H3,(H,16,17). The monoisotopic (exact) mass is 299 g/mol. The van der Waals surface area contributed by atoms with Crippen LogP contribution in [0, 0.1) is 0 Å². The van der Waals surface area contributed by atoms with Gasteiger partial charge in [-0.2, -0.15) is 0 Å². The number of nitrogens with one attached hydrogen (secondary N) is 1. The molecule has 0 unspecified atom stereocenters. The second-order valence-corrected chi connectivity index (χ2v) is 4.92. The van der Waals surface area contributed by atoms with Crippen LogP contribution in [0.4, 0.5) is 5.82 Å². The van der Waals surface area contributed by atoms with E-state index in [9.17, 15) is 4.79 Å². The van der Waals surface area contributed by atoms with Crippen molar-refractivity contribution in [2.75, 3.05) is 32.1 Å². The molecular weight excluding hydrogens is 278 g/mol. The van der Waals surface area contributed by atoms with E-state index in [-0.39, 0.29) is 17.7 Å². The molecule has 0 aliphatic rings. The number of pyridine rings is 1. The Morgan fingerprint density at radius 2 is 2.15 bits per heavy atom. The van der Waals surface area contributed by atoms with Gasteiger partial charge in [-0.15, -0.1) is 0 Å². The van der Waals surface area contributed by atoms with Crippen LogP contribution in [0.3, 0.4) is 0 Å². The number of unbranched alkanes of at least 4 members (excludes halogenated alkanes) is 2. The van der Waals surface area contributed by atoms with Crippen LogP contribution in [-0.2, 0) is 0 Å². The van der Waals surface area contributed by atoms with E-state index in [1.165, 1.54) is 0 Å². The molecule has 5 nitrogen and oxygen atoms in total. The number of aliphatic hydroxyl groups is 1. The highest BCUT2D eigenvalue weighted by atomic mass is 35.5. The molecule has 0 fully saturated rings. The lowest BCUT2D eigenvalue weighted by Crippen LogP contribution is -2.34. The molecule has 112 valence electrons. The third-order valence-electron chi connectivity index (χ3n) is 2.99. The molecule has 0 spiro atoms. The fraction of sp³-hybridized carbons (Fsp3) is 0.571. The summed E-state index contributed by atoms with van der Waals surface area (Å²) in [4.78, 5) is 18.2. The number of carbonyl (C=O) groups excluding carboxylic acids is 1. The lowest BCUT2D eigenvalue weighted by molar-refractivity contribution is 0.0718. The number of amides is 1. The lowest BCUT2D eigenvalue weighted by Gasteiger charge is -2.22. The number of anilines is 1. The van der Waals surface area contributed by atoms with Crippen molar-refractivity contribution in [3.8, 4) is 0 Å². The van der Waals surface area contributed by atoms with Gasteiger partial charge in [-0.1, -0.05) is 31.4 Å². The Hall–Kier alpha value is -1.33. The molecule has 0 saturated heterocycles. The van der Waals surface area contributed by atoms with E-state index in [4.69, 9.17) is 16.7 Å². The average molecular weight is 300 g/mol. The smallest absolute Gasteiger partial charge is 0.254 e. The molecule has 1 aromatic rings. The second-order valence-electron chi connectivity index (χ2n) is 4.54. The van der Waals surface area contributed by atoms with E-state index in [2.05, 4.69) is 17.2 Å². The van der Waals surface area contributed by atoms with Crippen molar-refractivity contribution >= 4 is 23.3 Å². The van der Waals surface area contributed by atoms with E-state index in [1.807, 2.05) is 0 Å². The Kier molecular flexibility index (Phi) is 7.33. The van der Waals surface area contributed by atoms with Gasteiger partial charge in [-0.3, -0.25) is 4.79 Å². The molecule has 0 saturated carbocycles. The molecule has 6 heteroatoms. The van der Waals surface area contributed by atoms with E-state index in [0.29, 0.717) is 24.5 Å². The first-order chi connectivity index (χ1) is 9.62. The molecule has 0 aromatic carbocycles. The summed E-state index contributed by atoms with van der Waals surface area (Å²) < 4.78 is 0. The third kappa shape index (κ3) is 4.98. The predicted octanol–water partition coefficient (Wildman–Crippen LogP) is 2.40. The molecule has 0 aliphatic heterocycles. The van der Waals surface area contributed by atoms with Crippen molar-refractivity contribution in [1.29, 1.82) is 0 Å². The molecule has 0 radical (unpaired) electrons. The van der Waals surface area contributed by atoms with Crippen LogP contribution < -0.4 is 5.32 Å². The Bertz CT molecular complexity index is 440. The summed E-state index contributed by atoms with van der Waals surface area (Å²) >= 11 is 5.91. The maximum Gasteiger partial charge on any atom is 0.254 e. The lowest BCUT2D eigenvalue weighted by atomic mass is 10.2. The largest absolute Gasteiger partial charge is 0.395 e. The number of rotatable bonds is 8. The SMILES string of the molecule is CCCCCN(CCO)C(=O)c1cc(Cl)nc(NC)c1. The van der Waals surface area contributed by atoms with E-state index >= 15 is 0 Å². The number of hydrogen-bond donors (Lipinski definition) is 2. The molecule has 0 bridgehead atoms. The minimum Gasteiger partial charge on any atom is -0.395 e. The van der Waals surface area contributed by atoms with Gasteiger partial charge in [-0.25, -0.2) is 4.98 Å². The summed E-state index contributed by atoms with van der Waals surface area (Å²) in [6, 6.07) is 3.22. The molecule has 1 rings (SSSR count). The van der Waals surface area contributed by atoms with Crippen LogP contribution in [0.1, 0.15) is 36.5 Å².